The summed E-state index contributed by atoms with van der Waals surface area (Å²) in [6.45, 7) is 4.40. The van der Waals surface area contributed by atoms with Crippen LogP contribution in [0.15, 0.2) is 43.0 Å². The Morgan fingerprint density at radius 3 is 3.14 bits per heavy atom. The van der Waals surface area contributed by atoms with Crippen molar-refractivity contribution >= 4 is 5.69 Å². The van der Waals surface area contributed by atoms with Gasteiger partial charge >= 0.3 is 0 Å². The van der Waals surface area contributed by atoms with Crippen molar-refractivity contribution in [1.29, 1.82) is 0 Å². The van der Waals surface area contributed by atoms with Crippen LogP contribution >= 0.6 is 0 Å². The maximum absolute atomic E-state index is 4.09. The van der Waals surface area contributed by atoms with Crippen LogP contribution in [0.25, 0.3) is 0 Å². The molecule has 112 valence electrons. The fraction of sp³-hybridized carbons (Fsp3) is 0.471. The Morgan fingerprint density at radius 2 is 2.33 bits per heavy atom. The zero-order valence-electron chi connectivity index (χ0n) is 12.7. The smallest absolute Gasteiger partial charge is 0.0949 e. The average Bonchev–Trinajstić information content (AvgIpc) is 2.99. The predicted molar refractivity (Wildman–Crippen MR) is 86.5 cm³/mol. The van der Waals surface area contributed by atoms with E-state index in [0.29, 0.717) is 0 Å². The standard InChI is InChI=1S/C17H24N4/c1-20-8-3-5-16(12-20)11-19-17-6-2-4-15(10-17)13-21-9-7-18-14-21/h2,4,6-7,9-10,14,16,19H,3,5,8,11-13H2,1H3. The Hall–Kier alpha value is -1.81. The second-order valence-electron chi connectivity index (χ2n) is 6.09. The van der Waals surface area contributed by atoms with Gasteiger partial charge in [0.2, 0.25) is 0 Å². The van der Waals surface area contributed by atoms with Crippen molar-refractivity contribution in [2.75, 3.05) is 32.0 Å². The molecule has 1 fully saturated rings. The van der Waals surface area contributed by atoms with E-state index in [-0.39, 0.29) is 0 Å². The van der Waals surface area contributed by atoms with Gasteiger partial charge in [-0.15, -0.1) is 0 Å². The first-order chi connectivity index (χ1) is 10.3. The lowest BCUT2D eigenvalue weighted by Crippen LogP contribution is -2.35. The van der Waals surface area contributed by atoms with Crippen molar-refractivity contribution in [3.63, 3.8) is 0 Å². The number of likely N-dealkylation sites (tertiary alicyclic amines) is 1. The normalized spacial score (nSPS) is 19.6. The monoisotopic (exact) mass is 284 g/mol. The molecule has 1 aliphatic heterocycles. The molecule has 4 nitrogen and oxygen atoms in total. The Morgan fingerprint density at radius 1 is 1.38 bits per heavy atom. The van der Waals surface area contributed by atoms with Crippen LogP contribution in [0.5, 0.6) is 0 Å². The minimum atomic E-state index is 0.765. The molecular weight excluding hydrogens is 260 g/mol. The van der Waals surface area contributed by atoms with E-state index in [2.05, 4.69) is 51.1 Å². The summed E-state index contributed by atoms with van der Waals surface area (Å²) >= 11 is 0. The molecule has 1 unspecified atom stereocenters. The van der Waals surface area contributed by atoms with Gasteiger partial charge in [-0.25, -0.2) is 4.98 Å². The number of rotatable bonds is 5. The van der Waals surface area contributed by atoms with Gasteiger partial charge in [0, 0.05) is 37.7 Å². The van der Waals surface area contributed by atoms with Crippen molar-refractivity contribution in [2.24, 2.45) is 5.92 Å². The molecule has 21 heavy (non-hydrogen) atoms. The van der Waals surface area contributed by atoms with Crippen molar-refractivity contribution in [3.05, 3.63) is 48.5 Å². The van der Waals surface area contributed by atoms with Crippen molar-refractivity contribution < 1.29 is 0 Å². The molecule has 0 amide bonds. The number of nitrogens with one attached hydrogen (secondary N) is 1. The lowest BCUT2D eigenvalue weighted by atomic mass is 9.98. The first kappa shape index (κ1) is 14.1. The van der Waals surface area contributed by atoms with Crippen LogP contribution in [0, 0.1) is 5.92 Å². The van der Waals surface area contributed by atoms with Gasteiger partial charge < -0.3 is 14.8 Å². The molecule has 0 spiro atoms. The number of nitrogens with zero attached hydrogens (tertiary/aromatic N) is 3. The lowest BCUT2D eigenvalue weighted by molar-refractivity contribution is 0.217. The van der Waals surface area contributed by atoms with Gasteiger partial charge in [0.1, 0.15) is 0 Å². The summed E-state index contributed by atoms with van der Waals surface area (Å²) < 4.78 is 2.09. The molecule has 0 aliphatic carbocycles. The highest BCUT2D eigenvalue weighted by atomic mass is 15.1. The van der Waals surface area contributed by atoms with Crippen LogP contribution in [0.4, 0.5) is 5.69 Å². The minimum absolute atomic E-state index is 0.765. The van der Waals surface area contributed by atoms with Crippen LogP contribution in [-0.2, 0) is 6.54 Å². The molecule has 1 N–H and O–H groups in total. The third kappa shape index (κ3) is 4.08. The van der Waals surface area contributed by atoms with Gasteiger partial charge in [-0.3, -0.25) is 0 Å². The Balaban J connectivity index is 1.55. The van der Waals surface area contributed by atoms with Crippen LogP contribution in [0.1, 0.15) is 18.4 Å². The second-order valence-corrected chi connectivity index (χ2v) is 6.09. The fourth-order valence-electron chi connectivity index (χ4n) is 3.07. The van der Waals surface area contributed by atoms with Crippen molar-refractivity contribution in [2.45, 2.75) is 19.4 Å². The van der Waals surface area contributed by atoms with E-state index in [1.807, 2.05) is 18.7 Å². The highest BCUT2D eigenvalue weighted by molar-refractivity contribution is 5.45. The van der Waals surface area contributed by atoms with Crippen LogP contribution in [0.3, 0.4) is 0 Å². The summed E-state index contributed by atoms with van der Waals surface area (Å²) in [4.78, 5) is 6.52. The van der Waals surface area contributed by atoms with E-state index in [9.17, 15) is 0 Å². The van der Waals surface area contributed by atoms with Gasteiger partial charge in [-0.2, -0.15) is 0 Å². The van der Waals surface area contributed by atoms with E-state index in [1.165, 1.54) is 37.2 Å². The molecule has 2 heterocycles. The number of piperidine rings is 1. The third-order valence-corrected chi connectivity index (χ3v) is 4.17. The van der Waals surface area contributed by atoms with E-state index in [4.69, 9.17) is 0 Å². The fourth-order valence-corrected chi connectivity index (χ4v) is 3.07. The second kappa shape index (κ2) is 6.76. The number of hydrogen-bond acceptors (Lipinski definition) is 3. The Labute approximate surface area is 126 Å². The Bertz CT molecular complexity index is 550. The zero-order chi connectivity index (χ0) is 14.5. The number of benzene rings is 1. The number of hydrogen-bond donors (Lipinski definition) is 1. The molecule has 0 saturated carbocycles. The predicted octanol–water partition coefficient (Wildman–Crippen LogP) is 2.69. The van der Waals surface area contributed by atoms with Crippen LogP contribution in [0.2, 0.25) is 0 Å². The molecule has 1 aromatic heterocycles. The average molecular weight is 284 g/mol. The highest BCUT2D eigenvalue weighted by Gasteiger charge is 2.16. The first-order valence-electron chi connectivity index (χ1n) is 7.77. The molecule has 1 atom stereocenters. The van der Waals surface area contributed by atoms with E-state index < -0.39 is 0 Å². The molecule has 1 saturated heterocycles. The first-order valence-corrected chi connectivity index (χ1v) is 7.77. The van der Waals surface area contributed by atoms with Gasteiger partial charge in [-0.05, 0) is 50.0 Å². The molecule has 2 aromatic rings. The van der Waals surface area contributed by atoms with Crippen LogP contribution in [-0.4, -0.2) is 41.1 Å². The molecule has 0 bridgehead atoms. The summed E-state index contributed by atoms with van der Waals surface area (Å²) in [5.74, 6) is 0.765. The molecular formula is C17H24N4. The lowest BCUT2D eigenvalue weighted by Gasteiger charge is -2.30. The van der Waals surface area contributed by atoms with Crippen molar-refractivity contribution in [1.82, 2.24) is 14.5 Å². The summed E-state index contributed by atoms with van der Waals surface area (Å²) in [6.07, 6.45) is 8.34. The summed E-state index contributed by atoms with van der Waals surface area (Å²) in [5.41, 5.74) is 2.53. The number of aromatic nitrogens is 2. The molecule has 3 rings (SSSR count). The van der Waals surface area contributed by atoms with Gasteiger partial charge in [0.25, 0.3) is 0 Å². The van der Waals surface area contributed by atoms with Gasteiger partial charge in [-0.1, -0.05) is 12.1 Å². The minimum Gasteiger partial charge on any atom is -0.385 e. The largest absolute Gasteiger partial charge is 0.385 e. The molecule has 0 radical (unpaired) electrons. The van der Waals surface area contributed by atoms with Crippen LogP contribution < -0.4 is 5.32 Å². The van der Waals surface area contributed by atoms with E-state index in [1.54, 1.807) is 0 Å². The maximum Gasteiger partial charge on any atom is 0.0949 e. The van der Waals surface area contributed by atoms with Gasteiger partial charge in [0.15, 0.2) is 0 Å². The number of anilines is 1. The summed E-state index contributed by atoms with van der Waals surface area (Å²) in [7, 11) is 2.22. The van der Waals surface area contributed by atoms with Crippen molar-refractivity contribution in [3.8, 4) is 0 Å². The maximum atomic E-state index is 4.09. The highest BCUT2D eigenvalue weighted by Crippen LogP contribution is 2.17. The molecule has 1 aromatic carbocycles. The number of imidazole rings is 1. The molecule has 1 aliphatic rings. The third-order valence-electron chi connectivity index (χ3n) is 4.17. The van der Waals surface area contributed by atoms with E-state index in [0.717, 1.165) is 19.0 Å². The van der Waals surface area contributed by atoms with E-state index >= 15 is 0 Å². The SMILES string of the molecule is CN1CCCC(CNc2cccc(Cn3ccnc3)c2)C1. The summed E-state index contributed by atoms with van der Waals surface area (Å²) in [5, 5.41) is 3.60. The topological polar surface area (TPSA) is 33.1 Å². The summed E-state index contributed by atoms with van der Waals surface area (Å²) in [6, 6.07) is 8.69. The zero-order valence-corrected chi connectivity index (χ0v) is 12.7. The quantitative estimate of drug-likeness (QED) is 0.916. The van der Waals surface area contributed by atoms with Gasteiger partial charge in [0.05, 0.1) is 6.33 Å². The molecule has 4 heteroatoms. The Kier molecular flexibility index (Phi) is 4.55.